The average Bonchev–Trinajstić information content (AvgIpc) is 2.85. The van der Waals surface area contributed by atoms with Crippen molar-refractivity contribution in [2.24, 2.45) is 5.92 Å². The highest BCUT2D eigenvalue weighted by Crippen LogP contribution is 2.21. The predicted molar refractivity (Wildman–Crippen MR) is 83.2 cm³/mol. The lowest BCUT2D eigenvalue weighted by atomic mass is 10.2. The fourth-order valence-corrected chi connectivity index (χ4v) is 1.96. The number of furan rings is 1. The van der Waals surface area contributed by atoms with Crippen molar-refractivity contribution in [3.8, 4) is 0 Å². The Kier molecular flexibility index (Phi) is 5.22. The van der Waals surface area contributed by atoms with Gasteiger partial charge in [-0.1, -0.05) is 13.8 Å². The third kappa shape index (κ3) is 4.49. The van der Waals surface area contributed by atoms with Gasteiger partial charge in [0.05, 0.1) is 0 Å². The number of fused-ring (bicyclic) bond motifs is 1. The molecule has 0 saturated carbocycles. The van der Waals surface area contributed by atoms with Crippen molar-refractivity contribution >= 4 is 22.6 Å². The summed E-state index contributed by atoms with van der Waals surface area (Å²) in [6, 6.07) is 7.01. The van der Waals surface area contributed by atoms with Gasteiger partial charge in [0, 0.05) is 30.8 Å². The summed E-state index contributed by atoms with van der Waals surface area (Å²) in [7, 11) is 0. The summed E-state index contributed by atoms with van der Waals surface area (Å²) in [5.41, 5.74) is 7.01. The number of anilines is 1. The van der Waals surface area contributed by atoms with Crippen molar-refractivity contribution in [2.45, 2.75) is 20.3 Å². The van der Waals surface area contributed by atoms with Crippen LogP contribution in [0.3, 0.4) is 0 Å². The van der Waals surface area contributed by atoms with E-state index in [9.17, 15) is 4.79 Å². The largest absolute Gasteiger partial charge is 0.451 e. The lowest BCUT2D eigenvalue weighted by molar-refractivity contribution is 0.0902. The Morgan fingerprint density at radius 2 is 2.19 bits per heavy atom. The maximum atomic E-state index is 12.0. The molecule has 0 radical (unpaired) electrons. The van der Waals surface area contributed by atoms with E-state index in [1.54, 1.807) is 24.3 Å². The van der Waals surface area contributed by atoms with Gasteiger partial charge in [-0.05, 0) is 36.6 Å². The van der Waals surface area contributed by atoms with Gasteiger partial charge in [0.15, 0.2) is 5.76 Å². The summed E-state index contributed by atoms with van der Waals surface area (Å²) >= 11 is 0. The number of benzene rings is 1. The summed E-state index contributed by atoms with van der Waals surface area (Å²) in [5, 5.41) is 3.65. The van der Waals surface area contributed by atoms with E-state index in [-0.39, 0.29) is 5.91 Å². The molecule has 0 aliphatic carbocycles. The highest BCUT2D eigenvalue weighted by atomic mass is 16.5. The highest BCUT2D eigenvalue weighted by molar-refractivity contribution is 5.96. The van der Waals surface area contributed by atoms with Crippen molar-refractivity contribution in [3.05, 3.63) is 30.0 Å². The Labute approximate surface area is 124 Å². The third-order valence-electron chi connectivity index (χ3n) is 2.97. The molecular weight excluding hydrogens is 268 g/mol. The van der Waals surface area contributed by atoms with Gasteiger partial charge in [-0.15, -0.1) is 0 Å². The first kappa shape index (κ1) is 15.4. The smallest absolute Gasteiger partial charge is 0.287 e. The van der Waals surface area contributed by atoms with Crippen molar-refractivity contribution in [1.82, 2.24) is 5.32 Å². The molecule has 5 nitrogen and oxygen atoms in total. The van der Waals surface area contributed by atoms with Gasteiger partial charge in [-0.3, -0.25) is 4.79 Å². The lowest BCUT2D eigenvalue weighted by Crippen LogP contribution is -2.25. The number of hydrogen-bond donors (Lipinski definition) is 2. The van der Waals surface area contributed by atoms with E-state index < -0.39 is 0 Å². The molecule has 0 saturated heterocycles. The minimum absolute atomic E-state index is 0.214. The van der Waals surface area contributed by atoms with Crippen LogP contribution in [0.5, 0.6) is 0 Å². The lowest BCUT2D eigenvalue weighted by Gasteiger charge is -2.06. The Hall–Kier alpha value is -2.01. The van der Waals surface area contributed by atoms with E-state index in [2.05, 4.69) is 19.2 Å². The maximum Gasteiger partial charge on any atom is 0.287 e. The van der Waals surface area contributed by atoms with E-state index in [4.69, 9.17) is 14.9 Å². The number of nitrogens with one attached hydrogen (secondary N) is 1. The Bertz CT molecular complexity index is 605. The van der Waals surface area contributed by atoms with Crippen LogP contribution < -0.4 is 11.1 Å². The molecule has 0 bridgehead atoms. The van der Waals surface area contributed by atoms with E-state index in [0.29, 0.717) is 36.1 Å². The fraction of sp³-hybridized carbons (Fsp3) is 0.438. The second-order valence-corrected chi connectivity index (χ2v) is 5.49. The molecule has 1 aromatic carbocycles. The van der Waals surface area contributed by atoms with Crippen LogP contribution in [0.1, 0.15) is 30.8 Å². The minimum Gasteiger partial charge on any atom is -0.451 e. The summed E-state index contributed by atoms with van der Waals surface area (Å²) in [4.78, 5) is 12.0. The van der Waals surface area contributed by atoms with Crippen LogP contribution in [-0.4, -0.2) is 25.7 Å². The summed E-state index contributed by atoms with van der Waals surface area (Å²) in [5.74, 6) is 0.620. The first-order valence-corrected chi connectivity index (χ1v) is 7.21. The van der Waals surface area contributed by atoms with Crippen LogP contribution in [0.2, 0.25) is 0 Å². The SMILES string of the molecule is CC(C)COCCCNC(=O)c1cc2cc(N)ccc2o1. The number of ether oxygens (including phenoxy) is 1. The standard InChI is InChI=1S/C16H22N2O3/c1-11(2)10-20-7-3-6-18-16(19)15-9-12-8-13(17)4-5-14(12)21-15/h4-5,8-9,11H,3,6-7,10,17H2,1-2H3,(H,18,19). The van der Waals surface area contributed by atoms with Crippen LogP contribution in [0.25, 0.3) is 11.0 Å². The molecular formula is C16H22N2O3. The topological polar surface area (TPSA) is 77.5 Å². The first-order chi connectivity index (χ1) is 10.1. The maximum absolute atomic E-state index is 12.0. The summed E-state index contributed by atoms with van der Waals surface area (Å²) in [6.45, 7) is 6.18. The molecule has 114 valence electrons. The zero-order valence-corrected chi connectivity index (χ0v) is 12.5. The molecule has 0 atom stereocenters. The van der Waals surface area contributed by atoms with Gasteiger partial charge in [0.1, 0.15) is 5.58 Å². The van der Waals surface area contributed by atoms with Crippen molar-refractivity contribution < 1.29 is 13.9 Å². The number of amides is 1. The molecule has 0 fully saturated rings. The molecule has 2 aromatic rings. The Morgan fingerprint density at radius 1 is 1.38 bits per heavy atom. The number of carbonyl (C=O) groups excluding carboxylic acids is 1. The van der Waals surface area contributed by atoms with Gasteiger partial charge in [0.25, 0.3) is 5.91 Å². The second-order valence-electron chi connectivity index (χ2n) is 5.49. The number of rotatable bonds is 7. The molecule has 2 rings (SSSR count). The van der Waals surface area contributed by atoms with E-state index in [1.807, 2.05) is 0 Å². The monoisotopic (exact) mass is 290 g/mol. The van der Waals surface area contributed by atoms with E-state index in [0.717, 1.165) is 18.4 Å². The van der Waals surface area contributed by atoms with Gasteiger partial charge >= 0.3 is 0 Å². The molecule has 0 aliphatic rings. The molecule has 1 heterocycles. The fourth-order valence-electron chi connectivity index (χ4n) is 1.96. The molecule has 0 aliphatic heterocycles. The Morgan fingerprint density at radius 3 is 2.95 bits per heavy atom. The van der Waals surface area contributed by atoms with E-state index >= 15 is 0 Å². The molecule has 0 unspecified atom stereocenters. The van der Waals surface area contributed by atoms with Crippen LogP contribution >= 0.6 is 0 Å². The third-order valence-corrected chi connectivity index (χ3v) is 2.97. The number of nitrogen functional groups attached to an aromatic ring is 1. The van der Waals surface area contributed by atoms with Crippen LogP contribution in [-0.2, 0) is 4.74 Å². The molecule has 5 heteroatoms. The molecule has 1 aromatic heterocycles. The van der Waals surface area contributed by atoms with E-state index in [1.165, 1.54) is 0 Å². The zero-order valence-electron chi connectivity index (χ0n) is 12.5. The molecule has 1 amide bonds. The zero-order chi connectivity index (χ0) is 15.2. The van der Waals surface area contributed by atoms with Gasteiger partial charge in [-0.25, -0.2) is 0 Å². The van der Waals surface area contributed by atoms with Gasteiger partial charge in [0.2, 0.25) is 0 Å². The Balaban J connectivity index is 1.79. The van der Waals surface area contributed by atoms with Crippen molar-refractivity contribution in [1.29, 1.82) is 0 Å². The first-order valence-electron chi connectivity index (χ1n) is 7.21. The molecule has 21 heavy (non-hydrogen) atoms. The minimum atomic E-state index is -0.214. The molecule has 3 N–H and O–H groups in total. The quantitative estimate of drug-likeness (QED) is 0.607. The van der Waals surface area contributed by atoms with Crippen LogP contribution in [0, 0.1) is 5.92 Å². The van der Waals surface area contributed by atoms with Crippen LogP contribution in [0.4, 0.5) is 5.69 Å². The molecule has 0 spiro atoms. The van der Waals surface area contributed by atoms with Crippen molar-refractivity contribution in [3.63, 3.8) is 0 Å². The highest BCUT2D eigenvalue weighted by Gasteiger charge is 2.11. The van der Waals surface area contributed by atoms with Crippen LogP contribution in [0.15, 0.2) is 28.7 Å². The van der Waals surface area contributed by atoms with Gasteiger partial charge < -0.3 is 20.2 Å². The second kappa shape index (κ2) is 7.13. The summed E-state index contributed by atoms with van der Waals surface area (Å²) in [6.07, 6.45) is 0.783. The number of nitrogens with two attached hydrogens (primary N) is 1. The number of carbonyl (C=O) groups is 1. The normalized spacial score (nSPS) is 11.2. The van der Waals surface area contributed by atoms with Crippen molar-refractivity contribution in [2.75, 3.05) is 25.5 Å². The summed E-state index contributed by atoms with van der Waals surface area (Å²) < 4.78 is 11.0. The predicted octanol–water partition coefficient (Wildman–Crippen LogP) is 2.81. The average molecular weight is 290 g/mol. The number of hydrogen-bond acceptors (Lipinski definition) is 4. The van der Waals surface area contributed by atoms with Gasteiger partial charge in [-0.2, -0.15) is 0 Å².